The Hall–Kier alpha value is -1.42. The van der Waals surface area contributed by atoms with Gasteiger partial charge in [-0.05, 0) is 6.07 Å². The van der Waals surface area contributed by atoms with Crippen molar-refractivity contribution in [3.63, 3.8) is 0 Å². The Balaban J connectivity index is 2.70. The third kappa shape index (κ3) is 1.19. The van der Waals surface area contributed by atoms with Gasteiger partial charge in [-0.15, -0.1) is 0 Å². The third-order valence-corrected chi connectivity index (χ3v) is 2.51. The second-order valence-corrected chi connectivity index (χ2v) is 3.44. The Morgan fingerprint density at radius 2 is 2.36 bits per heavy atom. The Bertz CT molecular complexity index is 417. The van der Waals surface area contributed by atoms with Crippen LogP contribution in [0.4, 0.5) is 5.69 Å². The Morgan fingerprint density at radius 1 is 1.64 bits per heavy atom. The van der Waals surface area contributed by atoms with E-state index in [9.17, 15) is 4.79 Å². The van der Waals surface area contributed by atoms with Crippen LogP contribution in [0.2, 0.25) is 5.02 Å². The standard InChI is InChI=1S/C9H8ClNO3/c10-6-3-5(9(12)13)8-4(7(6)11)1-2-14-8/h3H,1-2,11H2,(H,12,13). The Morgan fingerprint density at radius 3 is 3.00 bits per heavy atom. The van der Waals surface area contributed by atoms with Gasteiger partial charge in [-0.25, -0.2) is 4.79 Å². The molecule has 3 N–H and O–H groups in total. The highest BCUT2D eigenvalue weighted by molar-refractivity contribution is 6.33. The zero-order valence-electron chi connectivity index (χ0n) is 7.21. The molecule has 1 aliphatic heterocycles. The van der Waals surface area contributed by atoms with Gasteiger partial charge in [-0.3, -0.25) is 0 Å². The number of rotatable bonds is 1. The predicted octanol–water partition coefficient (Wildman–Crippen LogP) is 1.56. The number of fused-ring (bicyclic) bond motifs is 1. The highest BCUT2D eigenvalue weighted by Gasteiger charge is 2.24. The van der Waals surface area contributed by atoms with Gasteiger partial charge < -0.3 is 15.6 Å². The third-order valence-electron chi connectivity index (χ3n) is 2.20. The molecule has 74 valence electrons. The lowest BCUT2D eigenvalue weighted by Crippen LogP contribution is -2.02. The maximum absolute atomic E-state index is 10.8. The molecule has 5 heteroatoms. The van der Waals surface area contributed by atoms with Crippen LogP contribution >= 0.6 is 11.6 Å². The fourth-order valence-electron chi connectivity index (χ4n) is 1.53. The molecular formula is C9H8ClNO3. The summed E-state index contributed by atoms with van der Waals surface area (Å²) in [7, 11) is 0. The van der Waals surface area contributed by atoms with Crippen LogP contribution in [-0.2, 0) is 6.42 Å². The maximum atomic E-state index is 10.8. The molecule has 0 aromatic heterocycles. The van der Waals surface area contributed by atoms with Gasteiger partial charge in [0, 0.05) is 12.0 Å². The normalized spacial score (nSPS) is 13.5. The SMILES string of the molecule is Nc1c(Cl)cc(C(=O)O)c2c1CCO2. The number of carboxylic acids is 1. The molecular weight excluding hydrogens is 206 g/mol. The number of anilines is 1. The number of ether oxygens (including phenoxy) is 1. The summed E-state index contributed by atoms with van der Waals surface area (Å²) in [6, 6.07) is 1.32. The van der Waals surface area contributed by atoms with E-state index < -0.39 is 5.97 Å². The van der Waals surface area contributed by atoms with Crippen molar-refractivity contribution in [1.29, 1.82) is 0 Å². The average Bonchev–Trinajstić information content (AvgIpc) is 2.59. The van der Waals surface area contributed by atoms with Gasteiger partial charge in [0.25, 0.3) is 0 Å². The van der Waals surface area contributed by atoms with E-state index in [1.54, 1.807) is 0 Å². The van der Waals surface area contributed by atoms with Crippen LogP contribution in [0, 0.1) is 0 Å². The summed E-state index contributed by atoms with van der Waals surface area (Å²) in [5.41, 5.74) is 6.90. The molecule has 0 aliphatic carbocycles. The minimum absolute atomic E-state index is 0.0803. The van der Waals surface area contributed by atoms with E-state index in [0.717, 1.165) is 0 Å². The molecule has 1 heterocycles. The van der Waals surface area contributed by atoms with Gasteiger partial charge in [0.1, 0.15) is 11.3 Å². The molecule has 0 radical (unpaired) electrons. The molecule has 1 aromatic rings. The lowest BCUT2D eigenvalue weighted by Gasteiger charge is -2.07. The van der Waals surface area contributed by atoms with Gasteiger partial charge in [0.15, 0.2) is 0 Å². The number of nitrogen functional groups attached to an aromatic ring is 1. The zero-order valence-corrected chi connectivity index (χ0v) is 7.97. The lowest BCUT2D eigenvalue weighted by molar-refractivity contribution is 0.0693. The first kappa shape index (κ1) is 9.15. The topological polar surface area (TPSA) is 72.6 Å². The zero-order chi connectivity index (χ0) is 10.3. The number of carboxylic acid groups (broad SMARTS) is 1. The van der Waals surface area contributed by atoms with Crippen molar-refractivity contribution in [3.05, 3.63) is 22.2 Å². The molecule has 0 atom stereocenters. The molecule has 0 amide bonds. The first-order chi connectivity index (χ1) is 6.61. The minimum atomic E-state index is -1.05. The van der Waals surface area contributed by atoms with Crippen molar-refractivity contribution in [2.75, 3.05) is 12.3 Å². The van der Waals surface area contributed by atoms with E-state index in [4.69, 9.17) is 27.2 Å². The van der Waals surface area contributed by atoms with Gasteiger partial charge >= 0.3 is 5.97 Å². The Labute approximate surface area is 85.2 Å². The molecule has 2 rings (SSSR count). The number of hydrogen-bond donors (Lipinski definition) is 2. The fourth-order valence-corrected chi connectivity index (χ4v) is 1.75. The second kappa shape index (κ2) is 3.06. The van der Waals surface area contributed by atoms with Crippen LogP contribution in [0.1, 0.15) is 15.9 Å². The van der Waals surface area contributed by atoms with Crippen LogP contribution in [0.25, 0.3) is 0 Å². The molecule has 0 unspecified atom stereocenters. The summed E-state index contributed by atoms with van der Waals surface area (Å²) in [5.74, 6) is -0.690. The van der Waals surface area contributed by atoms with Crippen molar-refractivity contribution in [3.8, 4) is 5.75 Å². The van der Waals surface area contributed by atoms with Crippen LogP contribution in [0.15, 0.2) is 6.07 Å². The summed E-state index contributed by atoms with van der Waals surface area (Å²) in [6.45, 7) is 0.458. The van der Waals surface area contributed by atoms with Crippen molar-refractivity contribution < 1.29 is 14.6 Å². The van der Waals surface area contributed by atoms with Gasteiger partial charge in [0.05, 0.1) is 17.3 Å². The molecule has 4 nitrogen and oxygen atoms in total. The van der Waals surface area contributed by atoms with Gasteiger partial charge in [-0.2, -0.15) is 0 Å². The Kier molecular flexibility index (Phi) is 2.00. The number of aromatic carboxylic acids is 1. The van der Waals surface area contributed by atoms with E-state index in [-0.39, 0.29) is 10.6 Å². The number of nitrogens with two attached hydrogens (primary N) is 1. The first-order valence-corrected chi connectivity index (χ1v) is 4.46. The summed E-state index contributed by atoms with van der Waals surface area (Å²) < 4.78 is 5.21. The summed E-state index contributed by atoms with van der Waals surface area (Å²) in [4.78, 5) is 10.8. The second-order valence-electron chi connectivity index (χ2n) is 3.03. The van der Waals surface area contributed by atoms with E-state index in [2.05, 4.69) is 0 Å². The summed E-state index contributed by atoms with van der Waals surface area (Å²) in [5, 5.41) is 9.15. The van der Waals surface area contributed by atoms with E-state index >= 15 is 0 Å². The number of halogens is 1. The maximum Gasteiger partial charge on any atom is 0.339 e. The van der Waals surface area contributed by atoms with Crippen LogP contribution < -0.4 is 10.5 Å². The van der Waals surface area contributed by atoms with E-state index in [1.165, 1.54) is 6.07 Å². The fraction of sp³-hybridized carbons (Fsp3) is 0.222. The molecule has 0 saturated heterocycles. The van der Waals surface area contributed by atoms with Crippen molar-refractivity contribution in [2.24, 2.45) is 0 Å². The van der Waals surface area contributed by atoms with Crippen molar-refractivity contribution in [1.82, 2.24) is 0 Å². The molecule has 14 heavy (non-hydrogen) atoms. The van der Waals surface area contributed by atoms with E-state index in [1.807, 2.05) is 0 Å². The van der Waals surface area contributed by atoms with Crippen molar-refractivity contribution in [2.45, 2.75) is 6.42 Å². The molecule has 0 fully saturated rings. The lowest BCUT2D eigenvalue weighted by atomic mass is 10.1. The average molecular weight is 214 g/mol. The largest absolute Gasteiger partial charge is 0.492 e. The van der Waals surface area contributed by atoms with Gasteiger partial charge in [-0.1, -0.05) is 11.6 Å². The molecule has 1 aliphatic rings. The molecule has 1 aromatic carbocycles. The minimum Gasteiger partial charge on any atom is -0.492 e. The van der Waals surface area contributed by atoms with Crippen molar-refractivity contribution >= 4 is 23.3 Å². The predicted molar refractivity (Wildman–Crippen MR) is 52.0 cm³/mol. The van der Waals surface area contributed by atoms with E-state index in [0.29, 0.717) is 30.0 Å². The molecule has 0 spiro atoms. The smallest absolute Gasteiger partial charge is 0.339 e. The van der Waals surface area contributed by atoms with Crippen LogP contribution in [0.3, 0.4) is 0 Å². The summed E-state index contributed by atoms with van der Waals surface area (Å²) >= 11 is 5.80. The monoisotopic (exact) mass is 213 g/mol. The van der Waals surface area contributed by atoms with Crippen LogP contribution in [0.5, 0.6) is 5.75 Å². The quantitative estimate of drug-likeness (QED) is 0.695. The number of hydrogen-bond acceptors (Lipinski definition) is 3. The highest BCUT2D eigenvalue weighted by Crippen LogP contribution is 2.38. The molecule has 0 saturated carbocycles. The molecule has 0 bridgehead atoms. The first-order valence-electron chi connectivity index (χ1n) is 4.08. The number of benzene rings is 1. The summed E-state index contributed by atoms with van der Waals surface area (Å²) in [6.07, 6.45) is 0.613. The van der Waals surface area contributed by atoms with Gasteiger partial charge in [0.2, 0.25) is 0 Å². The highest BCUT2D eigenvalue weighted by atomic mass is 35.5. The number of carbonyl (C=O) groups is 1. The van der Waals surface area contributed by atoms with Crippen LogP contribution in [-0.4, -0.2) is 17.7 Å².